The van der Waals surface area contributed by atoms with Crippen LogP contribution in [0.3, 0.4) is 0 Å². The second-order valence-electron chi connectivity index (χ2n) is 7.83. The second kappa shape index (κ2) is 10.0. The Labute approximate surface area is 198 Å². The van der Waals surface area contributed by atoms with Gasteiger partial charge in [0.05, 0.1) is 37.2 Å². The van der Waals surface area contributed by atoms with E-state index in [1.807, 2.05) is 85.7 Å². The first kappa shape index (κ1) is 22.8. The summed E-state index contributed by atoms with van der Waals surface area (Å²) in [6.45, 7) is 0. The van der Waals surface area contributed by atoms with Crippen molar-refractivity contribution in [3.8, 4) is 22.8 Å². The number of hydrogen-bond donors (Lipinski definition) is 1. The van der Waals surface area contributed by atoms with Gasteiger partial charge in [0.2, 0.25) is 0 Å². The highest BCUT2D eigenvalue weighted by Gasteiger charge is 2.15. The molecule has 0 atom stereocenters. The predicted octanol–water partition coefficient (Wildman–Crippen LogP) is 4.75. The summed E-state index contributed by atoms with van der Waals surface area (Å²) < 4.78 is 10.8. The molecule has 0 unspecified atom stereocenters. The van der Waals surface area contributed by atoms with Gasteiger partial charge in [-0.2, -0.15) is 5.10 Å². The van der Waals surface area contributed by atoms with Crippen LogP contribution < -0.4 is 19.8 Å². The molecule has 34 heavy (non-hydrogen) atoms. The molecular formula is C27H26N4O3. The van der Waals surface area contributed by atoms with Crippen molar-refractivity contribution in [3.05, 3.63) is 83.9 Å². The van der Waals surface area contributed by atoms with Gasteiger partial charge in [0, 0.05) is 30.7 Å². The predicted molar refractivity (Wildman–Crippen MR) is 136 cm³/mol. The number of nitrogens with one attached hydrogen (secondary N) is 1. The number of carbonyl (C=O) groups is 1. The van der Waals surface area contributed by atoms with Gasteiger partial charge < -0.3 is 14.4 Å². The highest BCUT2D eigenvalue weighted by atomic mass is 16.5. The molecule has 4 rings (SSSR count). The molecule has 1 amide bonds. The number of anilines is 1. The molecule has 0 spiro atoms. The van der Waals surface area contributed by atoms with E-state index in [1.165, 1.54) is 0 Å². The van der Waals surface area contributed by atoms with Crippen LogP contribution in [-0.4, -0.2) is 45.4 Å². The zero-order valence-electron chi connectivity index (χ0n) is 19.6. The Balaban J connectivity index is 1.64. The summed E-state index contributed by atoms with van der Waals surface area (Å²) in [5.41, 5.74) is 7.27. The van der Waals surface area contributed by atoms with Crippen LogP contribution in [0.4, 0.5) is 5.69 Å². The number of fused-ring (bicyclic) bond motifs is 1. The molecule has 1 N–H and O–H groups in total. The molecule has 3 aromatic carbocycles. The maximum Gasteiger partial charge on any atom is 0.272 e. The third kappa shape index (κ3) is 4.83. The van der Waals surface area contributed by atoms with Gasteiger partial charge in [-0.15, -0.1) is 0 Å². The number of aromatic nitrogens is 1. The molecule has 0 aliphatic heterocycles. The summed E-state index contributed by atoms with van der Waals surface area (Å²) in [5.74, 6) is 0.894. The molecule has 7 nitrogen and oxygen atoms in total. The normalized spacial score (nSPS) is 10.9. The van der Waals surface area contributed by atoms with Gasteiger partial charge in [0.25, 0.3) is 5.91 Å². The zero-order chi connectivity index (χ0) is 24.1. The summed E-state index contributed by atoms with van der Waals surface area (Å²) in [5, 5.41) is 4.90. The quantitative estimate of drug-likeness (QED) is 0.322. The number of benzene rings is 3. The van der Waals surface area contributed by atoms with Crippen molar-refractivity contribution in [2.75, 3.05) is 33.2 Å². The number of rotatable bonds is 7. The summed E-state index contributed by atoms with van der Waals surface area (Å²) >= 11 is 0. The van der Waals surface area contributed by atoms with Gasteiger partial charge in [0.1, 0.15) is 0 Å². The van der Waals surface area contributed by atoms with E-state index in [0.717, 1.165) is 22.2 Å². The molecule has 0 aliphatic carbocycles. The average Bonchev–Trinajstić information content (AvgIpc) is 2.87. The number of ether oxygens (including phenoxy) is 2. The van der Waals surface area contributed by atoms with Gasteiger partial charge in [0.15, 0.2) is 11.5 Å². The van der Waals surface area contributed by atoms with Crippen molar-refractivity contribution in [2.45, 2.75) is 0 Å². The lowest BCUT2D eigenvalue weighted by molar-refractivity contribution is 0.0956. The molecule has 1 aromatic heterocycles. The number of methoxy groups -OCH3 is 2. The van der Waals surface area contributed by atoms with E-state index in [4.69, 9.17) is 14.5 Å². The smallest absolute Gasteiger partial charge is 0.272 e. The van der Waals surface area contributed by atoms with E-state index >= 15 is 0 Å². The number of hydrazone groups is 1. The van der Waals surface area contributed by atoms with Crippen molar-refractivity contribution in [3.63, 3.8) is 0 Å². The van der Waals surface area contributed by atoms with E-state index in [0.29, 0.717) is 28.3 Å². The van der Waals surface area contributed by atoms with Crippen molar-refractivity contribution < 1.29 is 14.3 Å². The fraction of sp³-hybridized carbons (Fsp3) is 0.148. The lowest BCUT2D eigenvalue weighted by atomic mass is 10.0. The fourth-order valence-electron chi connectivity index (χ4n) is 3.59. The molecular weight excluding hydrogens is 428 g/mol. The molecule has 7 heteroatoms. The maximum atomic E-state index is 13.1. The molecule has 0 radical (unpaired) electrons. The van der Waals surface area contributed by atoms with Crippen LogP contribution >= 0.6 is 0 Å². The molecule has 0 saturated heterocycles. The van der Waals surface area contributed by atoms with Crippen molar-refractivity contribution >= 4 is 28.7 Å². The third-order valence-electron chi connectivity index (χ3n) is 5.43. The topological polar surface area (TPSA) is 76.0 Å². The molecule has 0 fully saturated rings. The van der Waals surface area contributed by atoms with E-state index in [1.54, 1.807) is 26.5 Å². The van der Waals surface area contributed by atoms with E-state index in [-0.39, 0.29) is 5.91 Å². The van der Waals surface area contributed by atoms with Crippen molar-refractivity contribution in [1.82, 2.24) is 10.4 Å². The highest BCUT2D eigenvalue weighted by Crippen LogP contribution is 2.33. The summed E-state index contributed by atoms with van der Waals surface area (Å²) in [6, 6.07) is 22.7. The van der Waals surface area contributed by atoms with Crippen LogP contribution in [0.15, 0.2) is 77.9 Å². The van der Waals surface area contributed by atoms with Crippen LogP contribution in [0.2, 0.25) is 0 Å². The SMILES string of the molecule is COc1ccc(-c2cc(C(=O)N/N=C\c3ccc(N(C)C)cc3)c3ccccc3n2)cc1OC. The molecule has 1 heterocycles. The van der Waals surface area contributed by atoms with Crippen LogP contribution in [0.5, 0.6) is 11.5 Å². The highest BCUT2D eigenvalue weighted by molar-refractivity contribution is 6.07. The van der Waals surface area contributed by atoms with Crippen molar-refractivity contribution in [1.29, 1.82) is 0 Å². The maximum absolute atomic E-state index is 13.1. The van der Waals surface area contributed by atoms with E-state index in [9.17, 15) is 4.79 Å². The Morgan fingerprint density at radius 2 is 1.68 bits per heavy atom. The molecule has 0 bridgehead atoms. The summed E-state index contributed by atoms with van der Waals surface area (Å²) in [7, 11) is 7.14. The average molecular weight is 455 g/mol. The van der Waals surface area contributed by atoms with Gasteiger partial charge in [-0.1, -0.05) is 30.3 Å². The Morgan fingerprint density at radius 1 is 0.941 bits per heavy atom. The zero-order valence-corrected chi connectivity index (χ0v) is 19.6. The minimum atomic E-state index is -0.318. The number of para-hydroxylation sites is 1. The van der Waals surface area contributed by atoms with Crippen LogP contribution in [0.1, 0.15) is 15.9 Å². The summed E-state index contributed by atoms with van der Waals surface area (Å²) in [6.07, 6.45) is 1.62. The Hall–Kier alpha value is -4.39. The molecule has 4 aromatic rings. The Bertz CT molecular complexity index is 1350. The minimum absolute atomic E-state index is 0.318. The Morgan fingerprint density at radius 3 is 2.38 bits per heavy atom. The molecule has 172 valence electrons. The molecule has 0 aliphatic rings. The fourth-order valence-corrected chi connectivity index (χ4v) is 3.59. The van der Waals surface area contributed by atoms with Gasteiger partial charge >= 0.3 is 0 Å². The first-order chi connectivity index (χ1) is 16.5. The first-order valence-corrected chi connectivity index (χ1v) is 10.7. The van der Waals surface area contributed by atoms with Gasteiger partial charge in [-0.3, -0.25) is 4.79 Å². The van der Waals surface area contributed by atoms with Crippen LogP contribution in [0.25, 0.3) is 22.2 Å². The van der Waals surface area contributed by atoms with Gasteiger partial charge in [-0.05, 0) is 48.0 Å². The van der Waals surface area contributed by atoms with E-state index < -0.39 is 0 Å². The van der Waals surface area contributed by atoms with Crippen LogP contribution in [0, 0.1) is 0 Å². The number of pyridine rings is 1. The monoisotopic (exact) mass is 454 g/mol. The Kier molecular flexibility index (Phi) is 6.73. The lowest BCUT2D eigenvalue weighted by Crippen LogP contribution is -2.18. The lowest BCUT2D eigenvalue weighted by Gasteiger charge is -2.12. The van der Waals surface area contributed by atoms with Gasteiger partial charge in [-0.25, -0.2) is 10.4 Å². The minimum Gasteiger partial charge on any atom is -0.493 e. The number of nitrogens with zero attached hydrogens (tertiary/aromatic N) is 3. The first-order valence-electron chi connectivity index (χ1n) is 10.7. The summed E-state index contributed by atoms with van der Waals surface area (Å²) in [4.78, 5) is 19.9. The number of amides is 1. The number of carbonyl (C=O) groups excluding carboxylic acids is 1. The third-order valence-corrected chi connectivity index (χ3v) is 5.43. The number of hydrogen-bond acceptors (Lipinski definition) is 6. The van der Waals surface area contributed by atoms with Crippen LogP contribution in [-0.2, 0) is 0 Å². The van der Waals surface area contributed by atoms with E-state index in [2.05, 4.69) is 10.5 Å². The molecule has 0 saturated carbocycles. The standard InChI is InChI=1S/C27H26N4O3/c1-31(2)20-12-9-18(10-13-20)17-28-30-27(32)22-16-24(29-23-8-6-5-7-21(22)23)19-11-14-25(33-3)26(15-19)34-4/h5-17H,1-4H3,(H,30,32)/b28-17-. The second-order valence-corrected chi connectivity index (χ2v) is 7.83. The largest absolute Gasteiger partial charge is 0.493 e. The van der Waals surface area contributed by atoms with Crippen molar-refractivity contribution in [2.24, 2.45) is 5.10 Å².